The van der Waals surface area contributed by atoms with Crippen molar-refractivity contribution in [1.82, 2.24) is 0 Å². The summed E-state index contributed by atoms with van der Waals surface area (Å²) >= 11 is 10.9. The topological polar surface area (TPSA) is 70.8 Å². The average Bonchev–Trinajstić information content (AvgIpc) is 2.31. The molecule has 0 aliphatic carbocycles. The van der Waals surface area contributed by atoms with Crippen LogP contribution in [0.25, 0.3) is 0 Å². The minimum absolute atomic E-state index is 0.0880. The Morgan fingerprint density at radius 1 is 1.39 bits per heavy atom. The molecule has 18 heavy (non-hydrogen) atoms. The monoisotopic (exact) mass is 311 g/mol. The highest BCUT2D eigenvalue weighted by molar-refractivity contribution is 8.07. The van der Waals surface area contributed by atoms with Crippen molar-refractivity contribution < 1.29 is 18.5 Å². The molecule has 0 fully saturated rings. The predicted octanol–water partition coefficient (Wildman–Crippen LogP) is 3.45. The van der Waals surface area contributed by atoms with Gasteiger partial charge in [0, 0.05) is 32.1 Å². The van der Waals surface area contributed by atoms with Crippen LogP contribution in [0.3, 0.4) is 0 Å². The first-order chi connectivity index (χ1) is 8.33. The number of benzene rings is 1. The molecule has 0 aliphatic rings. The standard InChI is InChI=1S/C9H11ClNO5PS/c1-6-4-7(10)9(8(5-6)11(12)13)16-17(18,14-2)15-3/h4-5H,1-3H3. The summed E-state index contributed by atoms with van der Waals surface area (Å²) in [5, 5.41) is 11.0. The van der Waals surface area contributed by atoms with Gasteiger partial charge in [0.2, 0.25) is 5.75 Å². The summed E-state index contributed by atoms with van der Waals surface area (Å²) in [5.41, 5.74) is 0.366. The number of nitro benzene ring substituents is 1. The summed E-state index contributed by atoms with van der Waals surface area (Å²) < 4.78 is 15.1. The van der Waals surface area contributed by atoms with Crippen molar-refractivity contribution in [2.24, 2.45) is 0 Å². The number of rotatable bonds is 5. The van der Waals surface area contributed by atoms with Crippen LogP contribution in [0.1, 0.15) is 5.56 Å². The quantitative estimate of drug-likeness (QED) is 0.471. The van der Waals surface area contributed by atoms with Gasteiger partial charge in [0.1, 0.15) is 0 Å². The van der Waals surface area contributed by atoms with Crippen molar-refractivity contribution >= 4 is 35.8 Å². The largest absolute Gasteiger partial charge is 0.415 e. The molecule has 0 radical (unpaired) electrons. The lowest BCUT2D eigenvalue weighted by atomic mass is 10.2. The zero-order valence-corrected chi connectivity index (χ0v) is 12.3. The third-order valence-electron chi connectivity index (χ3n) is 2.02. The van der Waals surface area contributed by atoms with Crippen LogP contribution in [0, 0.1) is 17.0 Å². The lowest BCUT2D eigenvalue weighted by molar-refractivity contribution is -0.385. The van der Waals surface area contributed by atoms with E-state index in [1.54, 1.807) is 6.92 Å². The second-order valence-corrected chi connectivity index (χ2v) is 6.81. The molecule has 0 N–H and O–H groups in total. The van der Waals surface area contributed by atoms with E-state index in [1.807, 2.05) is 0 Å². The summed E-state index contributed by atoms with van der Waals surface area (Å²) in [7, 11) is 2.61. The van der Waals surface area contributed by atoms with E-state index in [1.165, 1.54) is 26.4 Å². The summed E-state index contributed by atoms with van der Waals surface area (Å²) in [6, 6.07) is 2.88. The van der Waals surface area contributed by atoms with Crippen LogP contribution in [0.15, 0.2) is 12.1 Å². The van der Waals surface area contributed by atoms with E-state index in [4.69, 9.17) is 37.0 Å². The molecule has 0 saturated heterocycles. The molecule has 100 valence electrons. The van der Waals surface area contributed by atoms with Gasteiger partial charge in [-0.15, -0.1) is 0 Å². The second kappa shape index (κ2) is 5.95. The lowest BCUT2D eigenvalue weighted by Crippen LogP contribution is -2.01. The smallest absolute Gasteiger partial charge is 0.380 e. The van der Waals surface area contributed by atoms with Crippen molar-refractivity contribution in [3.63, 3.8) is 0 Å². The Hall–Kier alpha value is -0.720. The van der Waals surface area contributed by atoms with Gasteiger partial charge < -0.3 is 13.6 Å². The first kappa shape index (κ1) is 15.3. The molecule has 0 heterocycles. The lowest BCUT2D eigenvalue weighted by Gasteiger charge is -2.18. The van der Waals surface area contributed by atoms with E-state index in [-0.39, 0.29) is 16.5 Å². The zero-order chi connectivity index (χ0) is 13.9. The fraction of sp³-hybridized carbons (Fsp3) is 0.333. The molecule has 0 aliphatic heterocycles. The van der Waals surface area contributed by atoms with E-state index in [0.717, 1.165) is 0 Å². The third-order valence-corrected chi connectivity index (χ3v) is 4.71. The molecule has 0 spiro atoms. The summed E-state index contributed by atoms with van der Waals surface area (Å²) in [5.74, 6) is -0.140. The minimum atomic E-state index is -3.07. The van der Waals surface area contributed by atoms with Crippen LogP contribution < -0.4 is 4.52 Å². The molecule has 0 bridgehead atoms. The predicted molar refractivity (Wildman–Crippen MR) is 71.8 cm³/mol. The van der Waals surface area contributed by atoms with E-state index in [2.05, 4.69) is 0 Å². The molecule has 0 amide bonds. The van der Waals surface area contributed by atoms with Crippen molar-refractivity contribution in [2.75, 3.05) is 14.2 Å². The molecule has 1 aromatic rings. The summed E-state index contributed by atoms with van der Waals surface area (Å²) in [6.07, 6.45) is 0. The Balaban J connectivity index is 3.31. The zero-order valence-electron chi connectivity index (χ0n) is 9.88. The molecule has 9 heteroatoms. The number of aryl methyl sites for hydroxylation is 1. The van der Waals surface area contributed by atoms with E-state index >= 15 is 0 Å². The Kier molecular flexibility index (Phi) is 5.07. The van der Waals surface area contributed by atoms with Gasteiger partial charge in [0.15, 0.2) is 0 Å². The van der Waals surface area contributed by atoms with Crippen LogP contribution in [0.2, 0.25) is 5.02 Å². The highest BCUT2D eigenvalue weighted by Crippen LogP contribution is 2.52. The minimum Gasteiger partial charge on any atom is -0.415 e. The molecule has 1 rings (SSSR count). The van der Waals surface area contributed by atoms with Crippen molar-refractivity contribution in [3.8, 4) is 5.75 Å². The van der Waals surface area contributed by atoms with Crippen LogP contribution in [-0.4, -0.2) is 19.1 Å². The first-order valence-corrected chi connectivity index (χ1v) is 7.62. The van der Waals surface area contributed by atoms with E-state index < -0.39 is 11.6 Å². The van der Waals surface area contributed by atoms with Gasteiger partial charge >= 0.3 is 12.4 Å². The van der Waals surface area contributed by atoms with Crippen molar-refractivity contribution in [1.29, 1.82) is 0 Å². The van der Waals surface area contributed by atoms with E-state index in [9.17, 15) is 10.1 Å². The number of hydrogen-bond donors (Lipinski definition) is 0. The van der Waals surface area contributed by atoms with Crippen LogP contribution in [0.5, 0.6) is 5.75 Å². The maximum Gasteiger partial charge on any atom is 0.380 e. The number of halogens is 1. The molecule has 1 aromatic carbocycles. The van der Waals surface area contributed by atoms with Gasteiger partial charge in [0.25, 0.3) is 0 Å². The van der Waals surface area contributed by atoms with Gasteiger partial charge in [-0.25, -0.2) is 0 Å². The maximum atomic E-state index is 11.0. The van der Waals surface area contributed by atoms with Gasteiger partial charge in [-0.2, -0.15) is 0 Å². The molecule has 6 nitrogen and oxygen atoms in total. The Labute approximate surface area is 114 Å². The van der Waals surface area contributed by atoms with Crippen molar-refractivity contribution in [2.45, 2.75) is 6.92 Å². The van der Waals surface area contributed by atoms with Gasteiger partial charge in [-0.3, -0.25) is 10.1 Å². The molecular formula is C9H11ClNO5PS. The number of hydrogen-bond acceptors (Lipinski definition) is 6. The molecule has 0 aromatic heterocycles. The highest BCUT2D eigenvalue weighted by atomic mass is 35.5. The number of nitro groups is 1. The SMILES string of the molecule is COP(=S)(OC)Oc1c(Cl)cc(C)cc1[N+](=O)[O-]. The normalized spacial score (nSPS) is 11.3. The fourth-order valence-electron chi connectivity index (χ4n) is 1.20. The summed E-state index contributed by atoms with van der Waals surface area (Å²) in [6.45, 7) is -1.38. The molecule has 0 saturated carbocycles. The first-order valence-electron chi connectivity index (χ1n) is 4.68. The van der Waals surface area contributed by atoms with E-state index in [0.29, 0.717) is 5.56 Å². The molecule has 0 atom stereocenters. The van der Waals surface area contributed by atoms with Crippen LogP contribution >= 0.6 is 18.3 Å². The van der Waals surface area contributed by atoms with Crippen molar-refractivity contribution in [3.05, 3.63) is 32.8 Å². The Morgan fingerprint density at radius 3 is 2.39 bits per heavy atom. The van der Waals surface area contributed by atoms with Gasteiger partial charge in [-0.05, 0) is 18.6 Å². The van der Waals surface area contributed by atoms with Crippen LogP contribution in [-0.2, 0) is 20.9 Å². The molecular weight excluding hydrogens is 301 g/mol. The Morgan fingerprint density at radius 2 is 1.94 bits per heavy atom. The molecule has 0 unspecified atom stereocenters. The Bertz CT molecular complexity index is 516. The fourth-order valence-corrected chi connectivity index (χ4v) is 2.50. The average molecular weight is 312 g/mol. The number of nitrogens with zero attached hydrogens (tertiary/aromatic N) is 1. The van der Waals surface area contributed by atoms with Gasteiger partial charge in [0.05, 0.1) is 9.95 Å². The van der Waals surface area contributed by atoms with Crippen LogP contribution in [0.4, 0.5) is 5.69 Å². The maximum absolute atomic E-state index is 11.0. The van der Waals surface area contributed by atoms with Gasteiger partial charge in [-0.1, -0.05) is 11.6 Å². The highest BCUT2D eigenvalue weighted by Gasteiger charge is 2.27. The third kappa shape index (κ3) is 3.40. The summed E-state index contributed by atoms with van der Waals surface area (Å²) in [4.78, 5) is 10.4. The second-order valence-electron chi connectivity index (χ2n) is 3.26.